The van der Waals surface area contributed by atoms with E-state index in [4.69, 9.17) is 5.73 Å². The molecule has 4 heteroatoms. The van der Waals surface area contributed by atoms with Crippen LogP contribution in [0.15, 0.2) is 36.5 Å². The second kappa shape index (κ2) is 6.29. The van der Waals surface area contributed by atoms with Crippen LogP contribution in [0.5, 0.6) is 0 Å². The Labute approximate surface area is 114 Å². The summed E-state index contributed by atoms with van der Waals surface area (Å²) in [6, 6.07) is 10.1. The van der Waals surface area contributed by atoms with Crippen molar-refractivity contribution in [3.63, 3.8) is 0 Å². The van der Waals surface area contributed by atoms with Crippen LogP contribution in [0.4, 0.5) is 5.69 Å². The Morgan fingerprint density at radius 2 is 2.05 bits per heavy atom. The third-order valence-electron chi connectivity index (χ3n) is 3.08. The van der Waals surface area contributed by atoms with E-state index in [9.17, 15) is 0 Å². The highest BCUT2D eigenvalue weighted by atomic mass is 15.1. The molecule has 0 saturated heterocycles. The maximum atomic E-state index is 5.76. The van der Waals surface area contributed by atoms with Gasteiger partial charge in [-0.15, -0.1) is 0 Å². The summed E-state index contributed by atoms with van der Waals surface area (Å²) in [4.78, 5) is 11.1. The molecule has 2 N–H and O–H groups in total. The maximum Gasteiger partial charge on any atom is 0.0772 e. The highest BCUT2D eigenvalue weighted by Gasteiger charge is 2.10. The molecule has 0 radical (unpaired) electrons. The lowest BCUT2D eigenvalue weighted by molar-refractivity contribution is 0.790. The third-order valence-corrected chi connectivity index (χ3v) is 3.08. The van der Waals surface area contributed by atoms with Gasteiger partial charge in [-0.1, -0.05) is 6.07 Å². The summed E-state index contributed by atoms with van der Waals surface area (Å²) in [5.41, 5.74) is 9.88. The van der Waals surface area contributed by atoms with Gasteiger partial charge in [0, 0.05) is 25.0 Å². The quantitative estimate of drug-likeness (QED) is 0.891. The zero-order valence-electron chi connectivity index (χ0n) is 11.5. The summed E-state index contributed by atoms with van der Waals surface area (Å²) in [6.45, 7) is 6.26. The van der Waals surface area contributed by atoms with Crippen molar-refractivity contribution < 1.29 is 0 Å². The molecule has 0 aromatic carbocycles. The van der Waals surface area contributed by atoms with Gasteiger partial charge in [-0.3, -0.25) is 9.97 Å². The minimum absolute atomic E-state index is 0.452. The molecule has 0 fully saturated rings. The molecular weight excluding hydrogens is 236 g/mol. The van der Waals surface area contributed by atoms with E-state index in [1.165, 1.54) is 0 Å². The first-order valence-electron chi connectivity index (χ1n) is 6.56. The predicted octanol–water partition coefficient (Wildman–Crippen LogP) is 2.27. The second-order valence-corrected chi connectivity index (χ2v) is 4.46. The van der Waals surface area contributed by atoms with Gasteiger partial charge in [-0.2, -0.15) is 0 Å². The SMILES string of the molecule is CCN(Cc1cccc(C)n1)c1cccnc1CN. The summed E-state index contributed by atoms with van der Waals surface area (Å²) in [5.74, 6) is 0. The highest BCUT2D eigenvalue weighted by Crippen LogP contribution is 2.19. The van der Waals surface area contributed by atoms with Crippen molar-refractivity contribution in [1.29, 1.82) is 0 Å². The summed E-state index contributed by atoms with van der Waals surface area (Å²) in [5, 5.41) is 0. The van der Waals surface area contributed by atoms with Crippen LogP contribution >= 0.6 is 0 Å². The number of hydrogen-bond donors (Lipinski definition) is 1. The molecule has 0 aliphatic heterocycles. The monoisotopic (exact) mass is 256 g/mol. The minimum Gasteiger partial charge on any atom is -0.364 e. The van der Waals surface area contributed by atoms with Crippen LogP contribution in [0, 0.1) is 6.92 Å². The Hall–Kier alpha value is -1.94. The van der Waals surface area contributed by atoms with Gasteiger partial charge in [0.05, 0.1) is 23.6 Å². The first-order valence-corrected chi connectivity index (χ1v) is 6.56. The van der Waals surface area contributed by atoms with E-state index in [0.29, 0.717) is 6.54 Å². The number of nitrogens with two attached hydrogens (primary N) is 1. The van der Waals surface area contributed by atoms with Crippen molar-refractivity contribution in [3.8, 4) is 0 Å². The van der Waals surface area contributed by atoms with E-state index in [1.54, 1.807) is 6.20 Å². The third kappa shape index (κ3) is 3.29. The van der Waals surface area contributed by atoms with Crippen molar-refractivity contribution in [2.75, 3.05) is 11.4 Å². The van der Waals surface area contributed by atoms with Crippen LogP contribution in [-0.4, -0.2) is 16.5 Å². The fourth-order valence-corrected chi connectivity index (χ4v) is 2.13. The largest absolute Gasteiger partial charge is 0.364 e. The molecule has 0 aliphatic rings. The van der Waals surface area contributed by atoms with Crippen molar-refractivity contribution in [3.05, 3.63) is 53.6 Å². The van der Waals surface area contributed by atoms with Crippen molar-refractivity contribution >= 4 is 5.69 Å². The molecule has 2 rings (SSSR count). The Morgan fingerprint density at radius 3 is 2.74 bits per heavy atom. The summed E-state index contributed by atoms with van der Waals surface area (Å²) in [6.07, 6.45) is 1.78. The Kier molecular flexibility index (Phi) is 4.47. The van der Waals surface area contributed by atoms with Gasteiger partial charge in [0.15, 0.2) is 0 Å². The molecular formula is C15H20N4. The first kappa shape index (κ1) is 13.5. The molecule has 2 aromatic rings. The summed E-state index contributed by atoms with van der Waals surface area (Å²) < 4.78 is 0. The Balaban J connectivity index is 2.25. The van der Waals surface area contributed by atoms with Gasteiger partial charge >= 0.3 is 0 Å². The molecule has 2 aromatic heterocycles. The molecule has 0 aliphatic carbocycles. The van der Waals surface area contributed by atoms with E-state index in [-0.39, 0.29) is 0 Å². The second-order valence-electron chi connectivity index (χ2n) is 4.46. The zero-order valence-corrected chi connectivity index (χ0v) is 11.5. The van der Waals surface area contributed by atoms with E-state index in [1.807, 2.05) is 31.2 Å². The van der Waals surface area contributed by atoms with Crippen LogP contribution in [0.1, 0.15) is 24.0 Å². The van der Waals surface area contributed by atoms with E-state index in [0.717, 1.165) is 35.9 Å². The van der Waals surface area contributed by atoms with E-state index in [2.05, 4.69) is 27.9 Å². The van der Waals surface area contributed by atoms with Crippen LogP contribution in [0.25, 0.3) is 0 Å². The molecule has 0 saturated carbocycles. The number of hydrogen-bond acceptors (Lipinski definition) is 4. The number of anilines is 1. The van der Waals surface area contributed by atoms with E-state index < -0.39 is 0 Å². The molecule has 100 valence electrons. The van der Waals surface area contributed by atoms with Gasteiger partial charge < -0.3 is 10.6 Å². The number of rotatable bonds is 5. The van der Waals surface area contributed by atoms with Gasteiger partial charge in [0.1, 0.15) is 0 Å². The molecule has 2 heterocycles. The van der Waals surface area contributed by atoms with Gasteiger partial charge in [-0.25, -0.2) is 0 Å². The lowest BCUT2D eigenvalue weighted by Crippen LogP contribution is -2.25. The average Bonchev–Trinajstić information content (AvgIpc) is 2.45. The smallest absolute Gasteiger partial charge is 0.0772 e. The van der Waals surface area contributed by atoms with Crippen LogP contribution in [-0.2, 0) is 13.1 Å². The predicted molar refractivity (Wildman–Crippen MR) is 77.8 cm³/mol. The summed E-state index contributed by atoms with van der Waals surface area (Å²) >= 11 is 0. The fourth-order valence-electron chi connectivity index (χ4n) is 2.13. The van der Waals surface area contributed by atoms with Crippen LogP contribution in [0.2, 0.25) is 0 Å². The number of pyridine rings is 2. The molecule has 4 nitrogen and oxygen atoms in total. The van der Waals surface area contributed by atoms with Crippen molar-refractivity contribution in [1.82, 2.24) is 9.97 Å². The topological polar surface area (TPSA) is 55.0 Å². The summed E-state index contributed by atoms with van der Waals surface area (Å²) in [7, 11) is 0. The Morgan fingerprint density at radius 1 is 1.21 bits per heavy atom. The zero-order chi connectivity index (χ0) is 13.7. The number of nitrogens with zero attached hydrogens (tertiary/aromatic N) is 3. The van der Waals surface area contributed by atoms with Crippen molar-refractivity contribution in [2.24, 2.45) is 5.73 Å². The van der Waals surface area contributed by atoms with Gasteiger partial charge in [0.25, 0.3) is 0 Å². The number of aryl methyl sites for hydroxylation is 1. The molecule has 0 spiro atoms. The van der Waals surface area contributed by atoms with Crippen LogP contribution in [0.3, 0.4) is 0 Å². The highest BCUT2D eigenvalue weighted by molar-refractivity contribution is 5.50. The molecule has 19 heavy (non-hydrogen) atoms. The van der Waals surface area contributed by atoms with Gasteiger partial charge in [0.2, 0.25) is 0 Å². The lowest BCUT2D eigenvalue weighted by Gasteiger charge is -2.24. The average molecular weight is 256 g/mol. The molecule has 0 atom stereocenters. The lowest BCUT2D eigenvalue weighted by atomic mass is 10.2. The minimum atomic E-state index is 0.452. The Bertz CT molecular complexity index is 539. The van der Waals surface area contributed by atoms with Crippen molar-refractivity contribution in [2.45, 2.75) is 26.9 Å². The standard InChI is InChI=1S/C15H20N4/c1-3-19(11-13-7-4-6-12(2)18-13)15-8-5-9-17-14(15)10-16/h4-9H,3,10-11,16H2,1-2H3. The molecule has 0 unspecified atom stereocenters. The number of aromatic nitrogens is 2. The first-order chi connectivity index (χ1) is 9.24. The molecule has 0 bridgehead atoms. The van der Waals surface area contributed by atoms with Crippen LogP contribution < -0.4 is 10.6 Å². The molecule has 0 amide bonds. The fraction of sp³-hybridized carbons (Fsp3) is 0.333. The van der Waals surface area contributed by atoms with E-state index >= 15 is 0 Å². The normalized spacial score (nSPS) is 10.5. The maximum absolute atomic E-state index is 5.76. The van der Waals surface area contributed by atoms with Gasteiger partial charge in [-0.05, 0) is 38.1 Å².